The molecule has 1 N–H and O–H groups in total. The van der Waals surface area contributed by atoms with Crippen molar-refractivity contribution in [1.29, 1.82) is 0 Å². The van der Waals surface area contributed by atoms with E-state index < -0.39 is 0 Å². The van der Waals surface area contributed by atoms with E-state index in [1.165, 1.54) is 23.8 Å². The molecule has 1 saturated carbocycles. The van der Waals surface area contributed by atoms with Gasteiger partial charge >= 0.3 is 0 Å². The zero-order valence-corrected chi connectivity index (χ0v) is 14.4. The highest BCUT2D eigenvalue weighted by Crippen LogP contribution is 2.31. The van der Waals surface area contributed by atoms with Crippen molar-refractivity contribution in [2.45, 2.75) is 51.2 Å². The van der Waals surface area contributed by atoms with Gasteiger partial charge in [-0.3, -0.25) is 5.10 Å². The summed E-state index contributed by atoms with van der Waals surface area (Å²) in [5.41, 5.74) is 2.36. The largest absolute Gasteiger partial charge is 0.490 e. The van der Waals surface area contributed by atoms with Crippen LogP contribution in [0.1, 0.15) is 38.2 Å². The number of H-pyrrole nitrogens is 1. The highest BCUT2D eigenvalue weighted by Gasteiger charge is 2.25. The number of fused-ring (bicyclic) bond motifs is 1. The third-order valence-corrected chi connectivity index (χ3v) is 4.67. The van der Waals surface area contributed by atoms with Gasteiger partial charge in [-0.05, 0) is 58.3 Å². The summed E-state index contributed by atoms with van der Waals surface area (Å²) in [6.45, 7) is 2.18. The van der Waals surface area contributed by atoms with Crippen molar-refractivity contribution in [3.05, 3.63) is 23.9 Å². The molecule has 0 spiro atoms. The molecule has 0 aliphatic heterocycles. The molecule has 0 radical (unpaired) electrons. The topological polar surface area (TPSA) is 41.1 Å². The van der Waals surface area contributed by atoms with Gasteiger partial charge in [0, 0.05) is 17.0 Å². The summed E-state index contributed by atoms with van der Waals surface area (Å²) in [7, 11) is 4.34. The minimum atomic E-state index is 0. The van der Waals surface area contributed by atoms with Gasteiger partial charge in [0.1, 0.15) is 11.9 Å². The van der Waals surface area contributed by atoms with E-state index in [-0.39, 0.29) is 12.4 Å². The Labute approximate surface area is 138 Å². The minimum absolute atomic E-state index is 0. The summed E-state index contributed by atoms with van der Waals surface area (Å²) >= 11 is 0. The Morgan fingerprint density at radius 3 is 2.86 bits per heavy atom. The molecule has 122 valence electrons. The second-order valence-corrected chi connectivity index (χ2v) is 6.25. The fraction of sp³-hybridized carbons (Fsp3) is 0.588. The number of rotatable bonds is 4. The highest BCUT2D eigenvalue weighted by atomic mass is 35.5. The van der Waals surface area contributed by atoms with Gasteiger partial charge in [0.25, 0.3) is 0 Å². The zero-order valence-electron chi connectivity index (χ0n) is 13.6. The van der Waals surface area contributed by atoms with E-state index in [2.05, 4.69) is 48.2 Å². The smallest absolute Gasteiger partial charge is 0.123 e. The van der Waals surface area contributed by atoms with Crippen molar-refractivity contribution in [3.8, 4) is 5.75 Å². The van der Waals surface area contributed by atoms with Crippen LogP contribution >= 0.6 is 12.4 Å². The number of hydrogen-bond donors (Lipinski definition) is 1. The number of hydrogen-bond acceptors (Lipinski definition) is 3. The molecule has 1 aromatic carbocycles. The summed E-state index contributed by atoms with van der Waals surface area (Å²) in [6.07, 6.45) is 8.04. The number of aromatic nitrogens is 2. The van der Waals surface area contributed by atoms with E-state index in [1.807, 2.05) is 6.20 Å². The molecule has 3 rings (SSSR count). The first-order valence-electron chi connectivity index (χ1n) is 7.97. The normalized spacial score (nSPS) is 21.8. The number of nitrogens with zero attached hydrogens (tertiary/aromatic N) is 2. The third kappa shape index (κ3) is 3.39. The summed E-state index contributed by atoms with van der Waals surface area (Å²) in [6, 6.07) is 4.81. The van der Waals surface area contributed by atoms with Crippen LogP contribution in [-0.4, -0.2) is 41.3 Å². The van der Waals surface area contributed by atoms with E-state index in [0.717, 1.165) is 30.5 Å². The number of halogens is 1. The Morgan fingerprint density at radius 2 is 2.14 bits per heavy atom. The van der Waals surface area contributed by atoms with Crippen molar-refractivity contribution < 1.29 is 4.74 Å². The molecule has 2 atom stereocenters. The van der Waals surface area contributed by atoms with Gasteiger partial charge in [0.2, 0.25) is 0 Å². The fourth-order valence-corrected chi connectivity index (χ4v) is 3.41. The van der Waals surface area contributed by atoms with Gasteiger partial charge in [0.05, 0.1) is 11.7 Å². The van der Waals surface area contributed by atoms with E-state index >= 15 is 0 Å². The predicted octanol–water partition coefficient (Wildman–Crippen LogP) is 3.80. The van der Waals surface area contributed by atoms with Crippen molar-refractivity contribution in [3.63, 3.8) is 0 Å². The van der Waals surface area contributed by atoms with Crippen LogP contribution in [0.25, 0.3) is 10.9 Å². The zero-order chi connectivity index (χ0) is 14.8. The van der Waals surface area contributed by atoms with Gasteiger partial charge < -0.3 is 9.64 Å². The van der Waals surface area contributed by atoms with Gasteiger partial charge in [-0.1, -0.05) is 6.92 Å². The van der Waals surface area contributed by atoms with Gasteiger partial charge in [-0.2, -0.15) is 5.10 Å². The quantitative estimate of drug-likeness (QED) is 0.930. The van der Waals surface area contributed by atoms with E-state index in [1.54, 1.807) is 0 Å². The SMILES string of the molecule is CCc1c(OC2CCCC(N(C)C)C2)ccc2[nH]ncc12.Cl. The van der Waals surface area contributed by atoms with E-state index in [9.17, 15) is 0 Å². The number of aryl methyl sites for hydroxylation is 1. The standard InChI is InChI=1S/C17H25N3O.ClH/c1-4-14-15-11-18-19-16(15)8-9-17(14)21-13-7-5-6-12(10-13)20(2)3;/h8-9,11-13H,4-7,10H2,1-3H3,(H,18,19);1H. The first-order chi connectivity index (χ1) is 10.2. The van der Waals surface area contributed by atoms with Crippen LogP contribution in [0.15, 0.2) is 18.3 Å². The number of benzene rings is 1. The fourth-order valence-electron chi connectivity index (χ4n) is 3.41. The lowest BCUT2D eigenvalue weighted by molar-refractivity contribution is 0.0997. The predicted molar refractivity (Wildman–Crippen MR) is 93.1 cm³/mol. The van der Waals surface area contributed by atoms with E-state index in [0.29, 0.717) is 12.1 Å². The maximum atomic E-state index is 6.37. The van der Waals surface area contributed by atoms with Crippen molar-refractivity contribution in [2.75, 3.05) is 14.1 Å². The van der Waals surface area contributed by atoms with Crippen LogP contribution in [0.2, 0.25) is 0 Å². The molecule has 1 fully saturated rings. The molecular weight excluding hydrogens is 298 g/mol. The van der Waals surface area contributed by atoms with Crippen LogP contribution in [0.5, 0.6) is 5.75 Å². The average Bonchev–Trinajstić information content (AvgIpc) is 2.96. The first-order valence-corrected chi connectivity index (χ1v) is 7.97. The Kier molecular flexibility index (Phi) is 5.70. The number of nitrogens with one attached hydrogen (secondary N) is 1. The number of ether oxygens (including phenoxy) is 1. The van der Waals surface area contributed by atoms with Crippen LogP contribution in [0.4, 0.5) is 0 Å². The van der Waals surface area contributed by atoms with Gasteiger partial charge in [-0.25, -0.2) is 0 Å². The van der Waals surface area contributed by atoms with Crippen LogP contribution < -0.4 is 4.74 Å². The van der Waals surface area contributed by atoms with Gasteiger partial charge in [-0.15, -0.1) is 12.4 Å². The highest BCUT2D eigenvalue weighted by molar-refractivity contribution is 5.85. The van der Waals surface area contributed by atoms with Crippen molar-refractivity contribution in [1.82, 2.24) is 15.1 Å². The molecule has 0 bridgehead atoms. The molecule has 2 unspecified atom stereocenters. The molecule has 0 saturated heterocycles. The van der Waals surface area contributed by atoms with Crippen molar-refractivity contribution >= 4 is 23.3 Å². The molecule has 4 nitrogen and oxygen atoms in total. The second kappa shape index (κ2) is 7.34. The Bertz CT molecular complexity index is 611. The molecule has 0 amide bonds. The number of aromatic amines is 1. The lowest BCUT2D eigenvalue weighted by Gasteiger charge is -2.33. The second-order valence-electron chi connectivity index (χ2n) is 6.25. The maximum absolute atomic E-state index is 6.37. The summed E-state index contributed by atoms with van der Waals surface area (Å²) in [5.74, 6) is 1.04. The van der Waals surface area contributed by atoms with Crippen LogP contribution in [0, 0.1) is 0 Å². The monoisotopic (exact) mass is 323 g/mol. The Morgan fingerprint density at radius 1 is 1.32 bits per heavy atom. The lowest BCUT2D eigenvalue weighted by atomic mass is 9.92. The van der Waals surface area contributed by atoms with Crippen LogP contribution in [0.3, 0.4) is 0 Å². The molecule has 22 heavy (non-hydrogen) atoms. The third-order valence-electron chi connectivity index (χ3n) is 4.67. The molecule has 1 aliphatic carbocycles. The molecule has 1 heterocycles. The van der Waals surface area contributed by atoms with Gasteiger partial charge in [0.15, 0.2) is 0 Å². The summed E-state index contributed by atoms with van der Waals surface area (Å²) in [5, 5.41) is 8.37. The average molecular weight is 324 g/mol. The summed E-state index contributed by atoms with van der Waals surface area (Å²) < 4.78 is 6.37. The summed E-state index contributed by atoms with van der Waals surface area (Å²) in [4.78, 5) is 2.33. The molecule has 2 aromatic rings. The minimum Gasteiger partial charge on any atom is -0.490 e. The first kappa shape index (κ1) is 17.1. The maximum Gasteiger partial charge on any atom is 0.123 e. The van der Waals surface area contributed by atoms with E-state index in [4.69, 9.17) is 4.74 Å². The van der Waals surface area contributed by atoms with Crippen LogP contribution in [-0.2, 0) is 6.42 Å². The molecular formula is C17H26ClN3O. The molecule has 1 aliphatic rings. The molecule has 5 heteroatoms. The Balaban J connectivity index is 0.00000176. The van der Waals surface area contributed by atoms with Crippen molar-refractivity contribution in [2.24, 2.45) is 0 Å². The lowest BCUT2D eigenvalue weighted by Crippen LogP contribution is -2.37. The Hall–Kier alpha value is -1.26. The molecule has 1 aromatic heterocycles.